The summed E-state index contributed by atoms with van der Waals surface area (Å²) in [5.41, 5.74) is -0.994. The quantitative estimate of drug-likeness (QED) is 0.556. The molecule has 132 valence electrons. The number of carbonyl (C=O) groups excluding carboxylic acids is 2. The van der Waals surface area contributed by atoms with Crippen molar-refractivity contribution in [3.05, 3.63) is 0 Å². The van der Waals surface area contributed by atoms with Crippen molar-refractivity contribution in [3.63, 3.8) is 0 Å². The number of carboxylic acid groups (broad SMARTS) is 1. The van der Waals surface area contributed by atoms with E-state index in [9.17, 15) is 14.4 Å². The highest BCUT2D eigenvalue weighted by Crippen LogP contribution is 2.28. The number of methoxy groups -OCH3 is 1. The number of ether oxygens (including phenoxy) is 1. The Balaban J connectivity index is 2.30. The fourth-order valence-corrected chi connectivity index (χ4v) is 3.07. The van der Waals surface area contributed by atoms with Gasteiger partial charge in [0.2, 0.25) is 11.8 Å². The lowest BCUT2D eigenvalue weighted by molar-refractivity contribution is -0.140. The van der Waals surface area contributed by atoms with Crippen LogP contribution >= 0.6 is 0 Å². The van der Waals surface area contributed by atoms with E-state index >= 15 is 0 Å². The van der Waals surface area contributed by atoms with E-state index in [1.165, 1.54) is 32.8 Å². The molecule has 0 aromatic rings. The Labute approximate surface area is 137 Å². The van der Waals surface area contributed by atoms with Crippen LogP contribution in [0, 0.1) is 5.92 Å². The van der Waals surface area contributed by atoms with Crippen molar-refractivity contribution in [3.8, 4) is 0 Å². The number of carboxylic acids is 1. The molecule has 1 fully saturated rings. The Bertz CT molecular complexity index is 421. The summed E-state index contributed by atoms with van der Waals surface area (Å²) in [4.78, 5) is 34.5. The second-order valence-electron chi connectivity index (χ2n) is 6.58. The third kappa shape index (κ3) is 7.97. The lowest BCUT2D eigenvalue weighted by atomic mass is 9.99. The van der Waals surface area contributed by atoms with Crippen molar-refractivity contribution in [1.82, 2.24) is 10.6 Å². The minimum atomic E-state index is -1.02. The monoisotopic (exact) mass is 328 g/mol. The predicted octanol–water partition coefficient (Wildman–Crippen LogP) is 1.07. The molecule has 0 saturated heterocycles. The Morgan fingerprint density at radius 2 is 1.87 bits per heavy atom. The standard InChI is InChI=1S/C16H28N2O5/c1-16(11-23-2,9-15(21)22)18-14(20)10-17-13(19)8-7-12-5-3-4-6-12/h12H,3-11H2,1-2H3,(H,17,19)(H,18,20)(H,21,22). The lowest BCUT2D eigenvalue weighted by Gasteiger charge is -2.28. The molecule has 1 unspecified atom stereocenters. The first-order valence-electron chi connectivity index (χ1n) is 8.13. The maximum atomic E-state index is 11.9. The smallest absolute Gasteiger partial charge is 0.305 e. The molecule has 7 nitrogen and oxygen atoms in total. The summed E-state index contributed by atoms with van der Waals surface area (Å²) in [6.07, 6.45) is 5.93. The van der Waals surface area contributed by atoms with Gasteiger partial charge < -0.3 is 20.5 Å². The van der Waals surface area contributed by atoms with Gasteiger partial charge in [0.05, 0.1) is 25.1 Å². The van der Waals surface area contributed by atoms with Crippen molar-refractivity contribution < 1.29 is 24.2 Å². The Kier molecular flexibility index (Phi) is 8.02. The summed E-state index contributed by atoms with van der Waals surface area (Å²) in [6.45, 7) is 1.54. The molecule has 1 atom stereocenters. The Morgan fingerprint density at radius 1 is 1.22 bits per heavy atom. The van der Waals surface area contributed by atoms with E-state index in [0.29, 0.717) is 12.3 Å². The summed E-state index contributed by atoms with van der Waals surface area (Å²) < 4.78 is 4.96. The Hall–Kier alpha value is -1.63. The minimum Gasteiger partial charge on any atom is -0.481 e. The van der Waals surface area contributed by atoms with E-state index in [2.05, 4.69) is 10.6 Å². The van der Waals surface area contributed by atoms with Gasteiger partial charge in [-0.15, -0.1) is 0 Å². The second-order valence-corrected chi connectivity index (χ2v) is 6.58. The van der Waals surface area contributed by atoms with Gasteiger partial charge in [0.15, 0.2) is 0 Å². The van der Waals surface area contributed by atoms with Gasteiger partial charge in [0.25, 0.3) is 0 Å². The van der Waals surface area contributed by atoms with Crippen LogP contribution in [0.5, 0.6) is 0 Å². The molecule has 0 aromatic heterocycles. The maximum Gasteiger partial charge on any atom is 0.305 e. The molecule has 0 bridgehead atoms. The van der Waals surface area contributed by atoms with Gasteiger partial charge in [-0.3, -0.25) is 14.4 Å². The van der Waals surface area contributed by atoms with Crippen molar-refractivity contribution in [1.29, 1.82) is 0 Å². The van der Waals surface area contributed by atoms with Crippen LogP contribution in [-0.4, -0.2) is 48.7 Å². The highest BCUT2D eigenvalue weighted by molar-refractivity contribution is 5.85. The van der Waals surface area contributed by atoms with E-state index in [0.717, 1.165) is 6.42 Å². The van der Waals surface area contributed by atoms with Crippen LogP contribution in [0.3, 0.4) is 0 Å². The first kappa shape index (κ1) is 19.4. The molecule has 0 spiro atoms. The van der Waals surface area contributed by atoms with Crippen LogP contribution in [0.2, 0.25) is 0 Å². The summed E-state index contributed by atoms with van der Waals surface area (Å²) >= 11 is 0. The first-order valence-corrected chi connectivity index (χ1v) is 8.13. The van der Waals surface area contributed by atoms with Gasteiger partial charge >= 0.3 is 5.97 Å². The first-order chi connectivity index (χ1) is 10.8. The molecule has 2 amide bonds. The van der Waals surface area contributed by atoms with Gasteiger partial charge in [-0.2, -0.15) is 0 Å². The third-order valence-electron chi connectivity index (χ3n) is 4.15. The molecule has 3 N–H and O–H groups in total. The zero-order valence-corrected chi connectivity index (χ0v) is 14.0. The number of rotatable bonds is 10. The predicted molar refractivity (Wildman–Crippen MR) is 84.9 cm³/mol. The van der Waals surface area contributed by atoms with Crippen LogP contribution in [-0.2, 0) is 19.1 Å². The third-order valence-corrected chi connectivity index (χ3v) is 4.15. The zero-order valence-electron chi connectivity index (χ0n) is 14.0. The molecule has 0 aliphatic heterocycles. The topological polar surface area (TPSA) is 105 Å². The lowest BCUT2D eigenvalue weighted by Crippen LogP contribution is -2.53. The fraction of sp³-hybridized carbons (Fsp3) is 0.812. The van der Waals surface area contributed by atoms with Gasteiger partial charge in [-0.05, 0) is 19.3 Å². The minimum absolute atomic E-state index is 0.0840. The van der Waals surface area contributed by atoms with Gasteiger partial charge in [0, 0.05) is 13.5 Å². The van der Waals surface area contributed by atoms with Crippen LogP contribution in [0.15, 0.2) is 0 Å². The van der Waals surface area contributed by atoms with Gasteiger partial charge in [-0.25, -0.2) is 0 Å². The Morgan fingerprint density at radius 3 is 2.43 bits per heavy atom. The summed E-state index contributed by atoms with van der Waals surface area (Å²) in [6, 6.07) is 0. The van der Waals surface area contributed by atoms with E-state index in [1.54, 1.807) is 6.92 Å². The number of nitrogens with one attached hydrogen (secondary N) is 2. The van der Waals surface area contributed by atoms with Crippen molar-refractivity contribution in [2.45, 2.75) is 57.4 Å². The van der Waals surface area contributed by atoms with E-state index in [1.807, 2.05) is 0 Å². The molecule has 0 radical (unpaired) electrons. The van der Waals surface area contributed by atoms with Crippen molar-refractivity contribution in [2.24, 2.45) is 5.92 Å². The molecule has 1 aliphatic carbocycles. The highest BCUT2D eigenvalue weighted by atomic mass is 16.5. The number of carbonyl (C=O) groups is 3. The molecule has 1 aliphatic rings. The SMILES string of the molecule is COCC(C)(CC(=O)O)NC(=O)CNC(=O)CCC1CCCC1. The average molecular weight is 328 g/mol. The van der Waals surface area contributed by atoms with E-state index in [4.69, 9.17) is 9.84 Å². The molecule has 0 aromatic carbocycles. The number of amides is 2. The van der Waals surface area contributed by atoms with Crippen LogP contribution in [0.25, 0.3) is 0 Å². The van der Waals surface area contributed by atoms with Crippen molar-refractivity contribution >= 4 is 17.8 Å². The van der Waals surface area contributed by atoms with Crippen molar-refractivity contribution in [2.75, 3.05) is 20.3 Å². The molecule has 1 saturated carbocycles. The summed E-state index contributed by atoms with van der Waals surface area (Å²) in [5, 5.41) is 14.1. The maximum absolute atomic E-state index is 11.9. The van der Waals surface area contributed by atoms with Crippen LogP contribution < -0.4 is 10.6 Å². The van der Waals surface area contributed by atoms with Crippen LogP contribution in [0.4, 0.5) is 0 Å². The molecule has 23 heavy (non-hydrogen) atoms. The number of aliphatic carboxylic acids is 1. The second kappa shape index (κ2) is 9.50. The fourth-order valence-electron chi connectivity index (χ4n) is 3.07. The molecular formula is C16H28N2O5. The number of hydrogen-bond donors (Lipinski definition) is 3. The average Bonchev–Trinajstić information content (AvgIpc) is 2.95. The zero-order chi connectivity index (χ0) is 17.3. The number of hydrogen-bond acceptors (Lipinski definition) is 4. The van der Waals surface area contributed by atoms with E-state index < -0.39 is 17.4 Å². The van der Waals surface area contributed by atoms with Crippen LogP contribution in [0.1, 0.15) is 51.9 Å². The molecule has 0 heterocycles. The van der Waals surface area contributed by atoms with Gasteiger partial charge in [0.1, 0.15) is 0 Å². The molecule has 1 rings (SSSR count). The highest BCUT2D eigenvalue weighted by Gasteiger charge is 2.29. The largest absolute Gasteiger partial charge is 0.481 e. The van der Waals surface area contributed by atoms with E-state index in [-0.39, 0.29) is 25.5 Å². The molecular weight excluding hydrogens is 300 g/mol. The van der Waals surface area contributed by atoms with Gasteiger partial charge in [-0.1, -0.05) is 25.7 Å². The summed E-state index contributed by atoms with van der Waals surface area (Å²) in [7, 11) is 1.44. The normalized spacial score (nSPS) is 17.5. The summed E-state index contributed by atoms with van der Waals surface area (Å²) in [5.74, 6) is -0.945. The molecule has 7 heteroatoms.